The average Bonchev–Trinajstić information content (AvgIpc) is 3.22. The van der Waals surface area contributed by atoms with Crippen LogP contribution in [0.5, 0.6) is 11.8 Å². The number of ether oxygens (including phenoxy) is 2. The summed E-state index contributed by atoms with van der Waals surface area (Å²) in [6.07, 6.45) is 3.39. The van der Waals surface area contributed by atoms with E-state index in [-0.39, 0.29) is 6.10 Å². The molecule has 0 aromatic carbocycles. The Morgan fingerprint density at radius 1 is 1.33 bits per heavy atom. The highest BCUT2D eigenvalue weighted by Crippen LogP contribution is 2.32. The van der Waals surface area contributed by atoms with E-state index in [1.807, 2.05) is 0 Å². The number of methoxy groups -OCH3 is 2. The number of hydrogen-bond donors (Lipinski definition) is 2. The Bertz CT molecular complexity index is 374. The summed E-state index contributed by atoms with van der Waals surface area (Å²) in [7, 11) is 3.12. The van der Waals surface area contributed by atoms with Gasteiger partial charge in [-0.15, -0.1) is 0 Å². The molecule has 6 heteroatoms. The van der Waals surface area contributed by atoms with Gasteiger partial charge in [0.1, 0.15) is 6.33 Å². The molecule has 2 rings (SSSR count). The maximum atomic E-state index is 9.76. The number of nitrogens with zero attached hydrogens (tertiary/aromatic N) is 2. The molecule has 18 heavy (non-hydrogen) atoms. The first-order valence-electron chi connectivity index (χ1n) is 6.07. The standard InChI is InChI=1S/C12H19N3O3/c1-17-11-9(12(18-2)15-7-14-11)5-13-6-10(16)8-3-4-8/h7-8,10,13,16H,3-6H2,1-2H3. The summed E-state index contributed by atoms with van der Waals surface area (Å²) in [6.45, 7) is 1.07. The first kappa shape index (κ1) is 13.0. The van der Waals surface area contributed by atoms with Crippen molar-refractivity contribution in [1.29, 1.82) is 0 Å². The number of aliphatic hydroxyl groups is 1. The zero-order valence-electron chi connectivity index (χ0n) is 10.7. The maximum Gasteiger partial charge on any atom is 0.224 e. The van der Waals surface area contributed by atoms with Crippen molar-refractivity contribution in [2.24, 2.45) is 5.92 Å². The van der Waals surface area contributed by atoms with E-state index in [0.29, 0.717) is 30.8 Å². The number of aromatic nitrogens is 2. The van der Waals surface area contributed by atoms with Crippen molar-refractivity contribution >= 4 is 0 Å². The Morgan fingerprint density at radius 3 is 2.44 bits per heavy atom. The largest absolute Gasteiger partial charge is 0.481 e. The third-order valence-corrected chi connectivity index (χ3v) is 3.07. The molecule has 1 heterocycles. The van der Waals surface area contributed by atoms with Crippen LogP contribution in [0, 0.1) is 5.92 Å². The lowest BCUT2D eigenvalue weighted by molar-refractivity contribution is 0.148. The van der Waals surface area contributed by atoms with Crippen LogP contribution in [0.4, 0.5) is 0 Å². The lowest BCUT2D eigenvalue weighted by Gasteiger charge is -2.13. The molecule has 0 radical (unpaired) electrons. The second-order valence-corrected chi connectivity index (χ2v) is 4.41. The molecule has 2 N–H and O–H groups in total. The summed E-state index contributed by atoms with van der Waals surface area (Å²) < 4.78 is 10.3. The minimum atomic E-state index is -0.272. The molecule has 1 aliphatic carbocycles. The molecule has 1 fully saturated rings. The molecule has 1 unspecified atom stereocenters. The fourth-order valence-electron chi connectivity index (χ4n) is 1.88. The summed E-state index contributed by atoms with van der Waals surface area (Å²) in [5.74, 6) is 1.46. The molecule has 0 bridgehead atoms. The van der Waals surface area contributed by atoms with E-state index in [0.717, 1.165) is 18.4 Å². The minimum Gasteiger partial charge on any atom is -0.481 e. The van der Waals surface area contributed by atoms with Crippen LogP contribution in [0.3, 0.4) is 0 Å². The second-order valence-electron chi connectivity index (χ2n) is 4.41. The topological polar surface area (TPSA) is 76.5 Å². The number of nitrogens with one attached hydrogen (secondary N) is 1. The molecular formula is C12H19N3O3. The predicted octanol–water partition coefficient (Wildman–Crippen LogP) is 0.354. The second kappa shape index (κ2) is 5.97. The van der Waals surface area contributed by atoms with Crippen LogP contribution in [0.25, 0.3) is 0 Å². The van der Waals surface area contributed by atoms with Crippen molar-refractivity contribution in [1.82, 2.24) is 15.3 Å². The van der Waals surface area contributed by atoms with Crippen LogP contribution in [0.1, 0.15) is 18.4 Å². The smallest absolute Gasteiger partial charge is 0.224 e. The lowest BCUT2D eigenvalue weighted by atomic mass is 10.2. The van der Waals surface area contributed by atoms with Gasteiger partial charge in [-0.1, -0.05) is 0 Å². The van der Waals surface area contributed by atoms with Crippen molar-refractivity contribution in [3.05, 3.63) is 11.9 Å². The monoisotopic (exact) mass is 253 g/mol. The normalized spacial score (nSPS) is 16.4. The van der Waals surface area contributed by atoms with Crippen LogP contribution < -0.4 is 14.8 Å². The summed E-state index contributed by atoms with van der Waals surface area (Å²) in [4.78, 5) is 8.07. The van der Waals surface area contributed by atoms with Crippen LogP contribution in [-0.2, 0) is 6.54 Å². The maximum absolute atomic E-state index is 9.76. The highest BCUT2D eigenvalue weighted by molar-refractivity contribution is 5.34. The summed E-state index contributed by atoms with van der Waals surface area (Å²) in [6, 6.07) is 0. The summed E-state index contributed by atoms with van der Waals surface area (Å²) in [5.41, 5.74) is 0.769. The van der Waals surface area contributed by atoms with Crippen LogP contribution in [0.2, 0.25) is 0 Å². The number of hydrogen-bond acceptors (Lipinski definition) is 6. The van der Waals surface area contributed by atoms with Crippen molar-refractivity contribution in [3.63, 3.8) is 0 Å². The number of aliphatic hydroxyl groups excluding tert-OH is 1. The molecule has 6 nitrogen and oxygen atoms in total. The third kappa shape index (κ3) is 3.08. The van der Waals surface area contributed by atoms with Gasteiger partial charge in [-0.05, 0) is 18.8 Å². The van der Waals surface area contributed by atoms with E-state index in [2.05, 4.69) is 15.3 Å². The van der Waals surface area contributed by atoms with Gasteiger partial charge in [0, 0.05) is 13.1 Å². The van der Waals surface area contributed by atoms with Gasteiger partial charge in [-0.2, -0.15) is 0 Å². The van der Waals surface area contributed by atoms with Gasteiger partial charge in [0.2, 0.25) is 11.8 Å². The molecule has 1 aliphatic rings. The third-order valence-electron chi connectivity index (χ3n) is 3.07. The predicted molar refractivity (Wildman–Crippen MR) is 65.6 cm³/mol. The van der Waals surface area contributed by atoms with Crippen molar-refractivity contribution in [3.8, 4) is 11.8 Å². The number of rotatable bonds is 7. The van der Waals surface area contributed by atoms with Crippen molar-refractivity contribution < 1.29 is 14.6 Å². The molecule has 1 atom stereocenters. The first-order valence-corrected chi connectivity index (χ1v) is 6.07. The van der Waals surface area contributed by atoms with Gasteiger partial charge in [0.05, 0.1) is 25.9 Å². The zero-order valence-corrected chi connectivity index (χ0v) is 10.7. The van der Waals surface area contributed by atoms with E-state index in [1.54, 1.807) is 14.2 Å². The molecule has 0 amide bonds. The zero-order chi connectivity index (χ0) is 13.0. The van der Waals surface area contributed by atoms with Gasteiger partial charge in [0.25, 0.3) is 0 Å². The quantitative estimate of drug-likeness (QED) is 0.730. The Balaban J connectivity index is 1.94. The fourth-order valence-corrected chi connectivity index (χ4v) is 1.88. The molecule has 1 aromatic rings. The van der Waals surface area contributed by atoms with Crippen LogP contribution in [0.15, 0.2) is 6.33 Å². The van der Waals surface area contributed by atoms with Gasteiger partial charge < -0.3 is 19.9 Å². The average molecular weight is 253 g/mol. The Labute approximate surface area is 106 Å². The van der Waals surface area contributed by atoms with Gasteiger partial charge in [0.15, 0.2) is 0 Å². The lowest BCUT2D eigenvalue weighted by Crippen LogP contribution is -2.28. The summed E-state index contributed by atoms with van der Waals surface area (Å²) in [5, 5.41) is 12.9. The van der Waals surface area contributed by atoms with Crippen LogP contribution in [-0.4, -0.2) is 41.9 Å². The Kier molecular flexibility index (Phi) is 4.33. The van der Waals surface area contributed by atoms with Crippen molar-refractivity contribution in [2.45, 2.75) is 25.5 Å². The van der Waals surface area contributed by atoms with Crippen molar-refractivity contribution in [2.75, 3.05) is 20.8 Å². The molecule has 1 aromatic heterocycles. The Hall–Kier alpha value is -1.40. The van der Waals surface area contributed by atoms with E-state index in [9.17, 15) is 5.11 Å². The molecule has 1 saturated carbocycles. The van der Waals surface area contributed by atoms with E-state index in [4.69, 9.17) is 9.47 Å². The van der Waals surface area contributed by atoms with E-state index < -0.39 is 0 Å². The van der Waals surface area contributed by atoms with E-state index in [1.165, 1.54) is 6.33 Å². The Morgan fingerprint density at radius 2 is 1.94 bits per heavy atom. The SMILES string of the molecule is COc1ncnc(OC)c1CNCC(O)C1CC1. The minimum absolute atomic E-state index is 0.272. The fraction of sp³-hybridized carbons (Fsp3) is 0.667. The summed E-state index contributed by atoms with van der Waals surface area (Å²) >= 11 is 0. The van der Waals surface area contributed by atoms with E-state index >= 15 is 0 Å². The molecule has 0 aliphatic heterocycles. The molecular weight excluding hydrogens is 234 g/mol. The first-order chi connectivity index (χ1) is 8.76. The highest BCUT2D eigenvalue weighted by Gasteiger charge is 2.29. The molecule has 100 valence electrons. The highest BCUT2D eigenvalue weighted by atomic mass is 16.5. The molecule has 0 saturated heterocycles. The van der Waals surface area contributed by atoms with Gasteiger partial charge in [-0.3, -0.25) is 0 Å². The van der Waals surface area contributed by atoms with Crippen LogP contribution >= 0.6 is 0 Å². The van der Waals surface area contributed by atoms with Gasteiger partial charge in [-0.25, -0.2) is 9.97 Å². The molecule has 0 spiro atoms. The van der Waals surface area contributed by atoms with Gasteiger partial charge >= 0.3 is 0 Å².